The van der Waals surface area contributed by atoms with E-state index in [0.717, 1.165) is 0 Å². The maximum absolute atomic E-state index is 12.4. The largest absolute Gasteiger partial charge is 0.434 e. The summed E-state index contributed by atoms with van der Waals surface area (Å²) in [5, 5.41) is 2.67. The molecule has 1 N–H and O–H groups in total. The third-order valence-electron chi connectivity index (χ3n) is 3.68. The van der Waals surface area contributed by atoms with Gasteiger partial charge in [-0.25, -0.2) is 4.79 Å². The van der Waals surface area contributed by atoms with E-state index in [1.54, 1.807) is 24.0 Å². The summed E-state index contributed by atoms with van der Waals surface area (Å²) < 4.78 is 40.6. The molecule has 0 radical (unpaired) electrons. The number of hydrogen-bond acceptors (Lipinski definition) is 3. The summed E-state index contributed by atoms with van der Waals surface area (Å²) in [6.07, 6.45) is 0. The SMILES string of the molecule is Cc1ccc(NC(=O)N2CCS(=O)C(C)(C)C2)cc1OC(F)F. The fourth-order valence-electron chi connectivity index (χ4n) is 2.36. The second kappa shape index (κ2) is 6.82. The van der Waals surface area contributed by atoms with E-state index in [-0.39, 0.29) is 11.8 Å². The number of urea groups is 1. The predicted octanol–water partition coefficient (Wildman–Crippen LogP) is 2.97. The second-order valence-corrected chi connectivity index (χ2v) is 8.22. The van der Waals surface area contributed by atoms with Crippen molar-refractivity contribution in [3.05, 3.63) is 23.8 Å². The first-order valence-electron chi connectivity index (χ1n) is 7.19. The molecule has 128 valence electrons. The molecule has 0 aromatic heterocycles. The summed E-state index contributed by atoms with van der Waals surface area (Å²) in [7, 11) is -0.973. The Bertz CT molecular complexity index is 623. The third-order valence-corrected chi connectivity index (χ3v) is 5.59. The summed E-state index contributed by atoms with van der Waals surface area (Å²) in [4.78, 5) is 13.9. The molecule has 0 saturated carbocycles. The van der Waals surface area contributed by atoms with Crippen LogP contribution in [0.15, 0.2) is 18.2 Å². The molecule has 2 amide bonds. The number of amides is 2. The van der Waals surface area contributed by atoms with Gasteiger partial charge in [-0.05, 0) is 32.4 Å². The van der Waals surface area contributed by atoms with Gasteiger partial charge in [-0.1, -0.05) is 6.07 Å². The van der Waals surface area contributed by atoms with Gasteiger partial charge >= 0.3 is 12.6 Å². The molecule has 1 unspecified atom stereocenters. The van der Waals surface area contributed by atoms with Gasteiger partial charge in [0.05, 0.1) is 4.75 Å². The van der Waals surface area contributed by atoms with Crippen LogP contribution in [0.3, 0.4) is 0 Å². The molecule has 2 rings (SSSR count). The van der Waals surface area contributed by atoms with Gasteiger partial charge < -0.3 is 15.0 Å². The maximum atomic E-state index is 12.4. The lowest BCUT2D eigenvalue weighted by Gasteiger charge is -2.37. The number of rotatable bonds is 3. The molecule has 0 bridgehead atoms. The van der Waals surface area contributed by atoms with Crippen LogP contribution in [0.2, 0.25) is 0 Å². The van der Waals surface area contributed by atoms with Gasteiger partial charge in [0.2, 0.25) is 0 Å². The Hall–Kier alpha value is -1.70. The quantitative estimate of drug-likeness (QED) is 0.915. The first-order valence-corrected chi connectivity index (χ1v) is 8.51. The number of carbonyl (C=O) groups excluding carboxylic acids is 1. The van der Waals surface area contributed by atoms with Crippen LogP contribution >= 0.6 is 0 Å². The smallest absolute Gasteiger partial charge is 0.387 e. The Balaban J connectivity index is 2.07. The van der Waals surface area contributed by atoms with Gasteiger partial charge in [-0.15, -0.1) is 0 Å². The van der Waals surface area contributed by atoms with Gasteiger partial charge in [0.25, 0.3) is 0 Å². The Morgan fingerprint density at radius 3 is 2.74 bits per heavy atom. The van der Waals surface area contributed by atoms with Crippen LogP contribution < -0.4 is 10.1 Å². The number of benzene rings is 1. The highest BCUT2D eigenvalue weighted by Crippen LogP contribution is 2.25. The minimum absolute atomic E-state index is 0.0258. The molecule has 1 heterocycles. The molecule has 1 fully saturated rings. The van der Waals surface area contributed by atoms with E-state index >= 15 is 0 Å². The molecule has 23 heavy (non-hydrogen) atoms. The van der Waals surface area contributed by atoms with Crippen LogP contribution in [0, 0.1) is 6.92 Å². The normalized spacial score (nSPS) is 20.4. The Labute approximate surface area is 136 Å². The molecular weight excluding hydrogens is 326 g/mol. The van der Waals surface area contributed by atoms with Crippen molar-refractivity contribution < 1.29 is 22.5 Å². The van der Waals surface area contributed by atoms with Crippen molar-refractivity contribution in [2.24, 2.45) is 0 Å². The number of nitrogens with zero attached hydrogens (tertiary/aromatic N) is 1. The van der Waals surface area contributed by atoms with Crippen molar-refractivity contribution in [1.82, 2.24) is 4.90 Å². The highest BCUT2D eigenvalue weighted by Gasteiger charge is 2.35. The maximum Gasteiger partial charge on any atom is 0.387 e. The molecule has 1 aliphatic rings. The fraction of sp³-hybridized carbons (Fsp3) is 0.533. The number of ether oxygens (including phenoxy) is 1. The molecule has 1 atom stereocenters. The summed E-state index contributed by atoms with van der Waals surface area (Å²) in [5.74, 6) is 0.450. The summed E-state index contributed by atoms with van der Waals surface area (Å²) in [5.41, 5.74) is 0.929. The van der Waals surface area contributed by atoms with Crippen LogP contribution in [-0.2, 0) is 10.8 Å². The number of carbonyl (C=O) groups is 1. The summed E-state index contributed by atoms with van der Waals surface area (Å²) in [6, 6.07) is 4.25. The average Bonchev–Trinajstić information content (AvgIpc) is 2.44. The van der Waals surface area contributed by atoms with Gasteiger partial charge in [-0.2, -0.15) is 8.78 Å². The van der Waals surface area contributed by atoms with E-state index in [2.05, 4.69) is 10.1 Å². The molecule has 1 aromatic carbocycles. The van der Waals surface area contributed by atoms with Crippen molar-refractivity contribution in [2.45, 2.75) is 32.1 Å². The average molecular weight is 346 g/mol. The summed E-state index contributed by atoms with van der Waals surface area (Å²) >= 11 is 0. The number of aryl methyl sites for hydroxylation is 1. The van der Waals surface area contributed by atoms with Crippen molar-refractivity contribution >= 4 is 22.5 Å². The predicted molar refractivity (Wildman–Crippen MR) is 85.5 cm³/mol. The Morgan fingerprint density at radius 2 is 2.13 bits per heavy atom. The number of halogens is 2. The van der Waals surface area contributed by atoms with Crippen LogP contribution in [-0.4, -0.2) is 45.3 Å². The topological polar surface area (TPSA) is 58.6 Å². The van der Waals surface area contributed by atoms with Crippen LogP contribution in [0.1, 0.15) is 19.4 Å². The number of nitrogens with one attached hydrogen (secondary N) is 1. The molecule has 0 spiro atoms. The van der Waals surface area contributed by atoms with Crippen molar-refractivity contribution in [3.8, 4) is 5.75 Å². The van der Waals surface area contributed by atoms with Crippen LogP contribution in [0.25, 0.3) is 0 Å². The zero-order valence-electron chi connectivity index (χ0n) is 13.3. The van der Waals surface area contributed by atoms with Gasteiger partial charge in [0, 0.05) is 41.4 Å². The second-order valence-electron chi connectivity index (χ2n) is 6.02. The van der Waals surface area contributed by atoms with E-state index in [9.17, 15) is 17.8 Å². The van der Waals surface area contributed by atoms with E-state index in [4.69, 9.17) is 0 Å². The van der Waals surface area contributed by atoms with Gasteiger partial charge in [0.15, 0.2) is 0 Å². The first-order chi connectivity index (χ1) is 10.7. The van der Waals surface area contributed by atoms with E-state index in [0.29, 0.717) is 30.1 Å². The first kappa shape index (κ1) is 17.7. The molecular formula is C15H20F2N2O3S. The lowest BCUT2D eigenvalue weighted by Crippen LogP contribution is -2.53. The lowest BCUT2D eigenvalue weighted by molar-refractivity contribution is -0.0502. The molecule has 1 aliphatic heterocycles. The van der Waals surface area contributed by atoms with E-state index in [1.807, 2.05) is 13.8 Å². The molecule has 8 heteroatoms. The van der Waals surface area contributed by atoms with Gasteiger partial charge in [-0.3, -0.25) is 4.21 Å². The van der Waals surface area contributed by atoms with Crippen molar-refractivity contribution in [1.29, 1.82) is 0 Å². The molecule has 1 aromatic rings. The number of alkyl halides is 2. The third kappa shape index (κ3) is 4.40. The minimum atomic E-state index is -2.92. The van der Waals surface area contributed by atoms with Gasteiger partial charge in [0.1, 0.15) is 5.75 Å². The van der Waals surface area contributed by atoms with Crippen molar-refractivity contribution in [2.75, 3.05) is 24.2 Å². The molecule has 5 nitrogen and oxygen atoms in total. The molecule has 0 aliphatic carbocycles. The summed E-state index contributed by atoms with van der Waals surface area (Å²) in [6.45, 7) is 3.20. The minimum Gasteiger partial charge on any atom is -0.434 e. The standard InChI is InChI=1S/C15H20F2N2O3S/c1-10-4-5-11(8-12(10)22-13(16)17)18-14(20)19-6-7-23(21)15(2,3)9-19/h4-5,8,13H,6-7,9H2,1-3H3,(H,18,20). The fourth-order valence-corrected chi connectivity index (χ4v) is 3.60. The highest BCUT2D eigenvalue weighted by atomic mass is 32.2. The zero-order chi connectivity index (χ0) is 17.2. The lowest BCUT2D eigenvalue weighted by atomic mass is 10.2. The molecule has 1 saturated heterocycles. The Morgan fingerprint density at radius 1 is 1.43 bits per heavy atom. The van der Waals surface area contributed by atoms with Crippen molar-refractivity contribution in [3.63, 3.8) is 0 Å². The van der Waals surface area contributed by atoms with Crippen LogP contribution in [0.5, 0.6) is 5.75 Å². The highest BCUT2D eigenvalue weighted by molar-refractivity contribution is 7.86. The van der Waals surface area contributed by atoms with E-state index < -0.39 is 22.2 Å². The monoisotopic (exact) mass is 346 g/mol. The zero-order valence-corrected chi connectivity index (χ0v) is 14.1. The number of anilines is 1. The van der Waals surface area contributed by atoms with Crippen LogP contribution in [0.4, 0.5) is 19.3 Å². The number of hydrogen-bond donors (Lipinski definition) is 1. The Kier molecular flexibility index (Phi) is 5.23. The van der Waals surface area contributed by atoms with E-state index in [1.165, 1.54) is 6.07 Å².